The van der Waals surface area contributed by atoms with Crippen LogP contribution in [0.1, 0.15) is 20.8 Å². The number of ether oxygens (including phenoxy) is 2. The number of hydrogen-bond donors (Lipinski definition) is 1. The van der Waals surface area contributed by atoms with E-state index in [0.29, 0.717) is 0 Å². The van der Waals surface area contributed by atoms with Crippen molar-refractivity contribution >= 4 is 5.97 Å². The highest BCUT2D eigenvalue weighted by Crippen LogP contribution is 2.16. The number of carbonyl (C=O) groups is 1. The first-order chi connectivity index (χ1) is 6.45. The van der Waals surface area contributed by atoms with Crippen molar-refractivity contribution in [1.29, 1.82) is 0 Å². The fraction of sp³-hybridized carbons (Fsp3) is 0.700. The molecule has 0 aromatic carbocycles. The SMILES string of the molecule is C=CCOC(C)(C)C(O)C(=O)OCC. The average Bonchev–Trinajstić information content (AvgIpc) is 2.14. The molecule has 14 heavy (non-hydrogen) atoms. The lowest BCUT2D eigenvalue weighted by Gasteiger charge is -2.28. The van der Waals surface area contributed by atoms with Crippen LogP contribution in [0.2, 0.25) is 0 Å². The summed E-state index contributed by atoms with van der Waals surface area (Å²) in [5.74, 6) is -0.665. The smallest absolute Gasteiger partial charge is 0.337 e. The van der Waals surface area contributed by atoms with E-state index in [1.54, 1.807) is 26.8 Å². The number of aliphatic hydroxyl groups excluding tert-OH is 1. The summed E-state index contributed by atoms with van der Waals surface area (Å²) in [6.45, 7) is 8.94. The Morgan fingerprint density at radius 3 is 2.64 bits per heavy atom. The molecule has 0 heterocycles. The maximum atomic E-state index is 11.2. The van der Waals surface area contributed by atoms with Gasteiger partial charge in [-0.15, -0.1) is 6.58 Å². The molecule has 4 nitrogen and oxygen atoms in total. The highest BCUT2D eigenvalue weighted by Gasteiger charge is 2.35. The second-order valence-electron chi connectivity index (χ2n) is 3.36. The van der Waals surface area contributed by atoms with Gasteiger partial charge in [0.2, 0.25) is 0 Å². The maximum Gasteiger partial charge on any atom is 0.337 e. The van der Waals surface area contributed by atoms with Crippen molar-refractivity contribution < 1.29 is 19.4 Å². The first kappa shape index (κ1) is 13.1. The molecule has 0 saturated heterocycles. The lowest BCUT2D eigenvalue weighted by molar-refractivity contribution is -0.170. The van der Waals surface area contributed by atoms with E-state index < -0.39 is 17.7 Å². The standard InChI is InChI=1S/C10H18O4/c1-5-7-14-10(3,4)8(11)9(12)13-6-2/h5,8,11H,1,6-7H2,2-4H3. The Hall–Kier alpha value is -0.870. The molecule has 0 fully saturated rings. The summed E-state index contributed by atoms with van der Waals surface area (Å²) in [6.07, 6.45) is 0.280. The molecule has 0 saturated carbocycles. The second-order valence-corrected chi connectivity index (χ2v) is 3.36. The molecule has 0 aliphatic carbocycles. The minimum absolute atomic E-state index is 0.243. The lowest BCUT2D eigenvalue weighted by atomic mass is 10.0. The third kappa shape index (κ3) is 3.89. The Kier molecular flexibility index (Phi) is 5.42. The van der Waals surface area contributed by atoms with Crippen LogP contribution in [-0.4, -0.2) is 36.0 Å². The van der Waals surface area contributed by atoms with Gasteiger partial charge in [0, 0.05) is 0 Å². The Labute approximate surface area is 84.5 Å². The molecule has 0 aliphatic heterocycles. The quantitative estimate of drug-likeness (QED) is 0.513. The monoisotopic (exact) mass is 202 g/mol. The van der Waals surface area contributed by atoms with E-state index in [2.05, 4.69) is 11.3 Å². The van der Waals surface area contributed by atoms with Crippen molar-refractivity contribution in [2.75, 3.05) is 13.2 Å². The van der Waals surface area contributed by atoms with E-state index >= 15 is 0 Å². The van der Waals surface area contributed by atoms with E-state index in [0.717, 1.165) is 0 Å². The number of hydrogen-bond acceptors (Lipinski definition) is 4. The van der Waals surface area contributed by atoms with Crippen LogP contribution >= 0.6 is 0 Å². The highest BCUT2D eigenvalue weighted by atomic mass is 16.6. The van der Waals surface area contributed by atoms with Crippen molar-refractivity contribution in [3.05, 3.63) is 12.7 Å². The van der Waals surface area contributed by atoms with Crippen molar-refractivity contribution in [2.24, 2.45) is 0 Å². The summed E-state index contributed by atoms with van der Waals surface area (Å²) in [6, 6.07) is 0. The van der Waals surface area contributed by atoms with E-state index in [1.807, 2.05) is 0 Å². The highest BCUT2D eigenvalue weighted by molar-refractivity contribution is 5.75. The maximum absolute atomic E-state index is 11.2. The zero-order chi connectivity index (χ0) is 11.2. The summed E-state index contributed by atoms with van der Waals surface area (Å²) in [4.78, 5) is 11.2. The second kappa shape index (κ2) is 5.78. The molecule has 0 aliphatic rings. The third-order valence-corrected chi connectivity index (χ3v) is 1.74. The fourth-order valence-corrected chi connectivity index (χ4v) is 0.858. The van der Waals surface area contributed by atoms with Gasteiger partial charge in [-0.1, -0.05) is 6.08 Å². The van der Waals surface area contributed by atoms with Crippen LogP contribution in [0.15, 0.2) is 12.7 Å². The minimum Gasteiger partial charge on any atom is -0.464 e. The summed E-state index contributed by atoms with van der Waals surface area (Å²) in [5.41, 5.74) is -0.958. The van der Waals surface area contributed by atoms with Gasteiger partial charge >= 0.3 is 5.97 Å². The molecule has 0 aromatic rings. The number of rotatable bonds is 6. The number of aliphatic hydroxyl groups is 1. The van der Waals surface area contributed by atoms with E-state index in [1.165, 1.54) is 0 Å². The van der Waals surface area contributed by atoms with Crippen molar-refractivity contribution in [3.8, 4) is 0 Å². The van der Waals surface area contributed by atoms with E-state index in [-0.39, 0.29) is 13.2 Å². The van der Waals surface area contributed by atoms with Crippen LogP contribution in [0.25, 0.3) is 0 Å². The molecule has 82 valence electrons. The molecule has 0 rings (SSSR count). The first-order valence-electron chi connectivity index (χ1n) is 4.55. The molecule has 0 aromatic heterocycles. The van der Waals surface area contributed by atoms with Gasteiger partial charge in [-0.3, -0.25) is 0 Å². The van der Waals surface area contributed by atoms with Gasteiger partial charge in [-0.2, -0.15) is 0 Å². The van der Waals surface area contributed by atoms with Crippen molar-refractivity contribution in [2.45, 2.75) is 32.5 Å². The summed E-state index contributed by atoms with van der Waals surface area (Å²) in [5, 5.41) is 9.57. The largest absolute Gasteiger partial charge is 0.464 e. The van der Waals surface area contributed by atoms with Crippen LogP contribution in [0, 0.1) is 0 Å². The Morgan fingerprint density at radius 2 is 2.21 bits per heavy atom. The molecule has 1 unspecified atom stereocenters. The fourth-order valence-electron chi connectivity index (χ4n) is 0.858. The Balaban J connectivity index is 4.24. The van der Waals surface area contributed by atoms with Crippen LogP contribution in [0.3, 0.4) is 0 Å². The predicted molar refractivity (Wildman–Crippen MR) is 52.9 cm³/mol. The molecule has 1 N–H and O–H groups in total. The van der Waals surface area contributed by atoms with E-state index in [4.69, 9.17) is 4.74 Å². The lowest BCUT2D eigenvalue weighted by Crippen LogP contribution is -2.45. The first-order valence-corrected chi connectivity index (χ1v) is 4.55. The molecule has 0 amide bonds. The normalized spacial score (nSPS) is 13.4. The van der Waals surface area contributed by atoms with Gasteiger partial charge in [-0.25, -0.2) is 4.79 Å². The van der Waals surface area contributed by atoms with Crippen molar-refractivity contribution in [1.82, 2.24) is 0 Å². The minimum atomic E-state index is -1.28. The Bertz CT molecular complexity index is 198. The van der Waals surface area contributed by atoms with Crippen LogP contribution in [-0.2, 0) is 14.3 Å². The molecule has 0 spiro atoms. The van der Waals surface area contributed by atoms with Gasteiger partial charge in [0.05, 0.1) is 18.8 Å². The summed E-state index contributed by atoms with van der Waals surface area (Å²) < 4.78 is 9.91. The topological polar surface area (TPSA) is 55.8 Å². The van der Waals surface area contributed by atoms with Crippen LogP contribution < -0.4 is 0 Å². The van der Waals surface area contributed by atoms with E-state index in [9.17, 15) is 9.90 Å². The number of esters is 1. The zero-order valence-electron chi connectivity index (χ0n) is 8.95. The van der Waals surface area contributed by atoms with Crippen molar-refractivity contribution in [3.63, 3.8) is 0 Å². The van der Waals surface area contributed by atoms with Crippen LogP contribution in [0.5, 0.6) is 0 Å². The molecular weight excluding hydrogens is 184 g/mol. The molecule has 0 radical (unpaired) electrons. The average molecular weight is 202 g/mol. The Morgan fingerprint density at radius 1 is 1.64 bits per heavy atom. The third-order valence-electron chi connectivity index (χ3n) is 1.74. The molecular formula is C10H18O4. The van der Waals surface area contributed by atoms with Crippen LogP contribution in [0.4, 0.5) is 0 Å². The molecule has 0 bridgehead atoms. The molecule has 4 heteroatoms. The zero-order valence-corrected chi connectivity index (χ0v) is 8.95. The van der Waals surface area contributed by atoms with Gasteiger partial charge in [0.15, 0.2) is 6.10 Å². The van der Waals surface area contributed by atoms with Gasteiger partial charge in [0.1, 0.15) is 0 Å². The molecule has 1 atom stereocenters. The van der Waals surface area contributed by atoms with Gasteiger partial charge < -0.3 is 14.6 Å². The summed E-state index contributed by atoms with van der Waals surface area (Å²) >= 11 is 0. The number of carbonyl (C=O) groups excluding carboxylic acids is 1. The predicted octanol–water partition coefficient (Wildman–Crippen LogP) is 0.892. The van der Waals surface area contributed by atoms with Gasteiger partial charge in [0.25, 0.3) is 0 Å². The summed E-state index contributed by atoms with van der Waals surface area (Å²) in [7, 11) is 0. The van der Waals surface area contributed by atoms with Gasteiger partial charge in [-0.05, 0) is 20.8 Å².